The van der Waals surface area contributed by atoms with E-state index in [9.17, 15) is 9.90 Å². The van der Waals surface area contributed by atoms with E-state index < -0.39 is 6.04 Å². The van der Waals surface area contributed by atoms with Gasteiger partial charge in [0.05, 0.1) is 6.61 Å². The highest BCUT2D eigenvalue weighted by atomic mass is 16.3. The average molecular weight is 324 g/mol. The minimum Gasteiger partial charge on any atom is -0.394 e. The molecule has 0 aromatic heterocycles. The third-order valence-corrected chi connectivity index (χ3v) is 4.30. The monoisotopic (exact) mass is 324 g/mol. The zero-order valence-electron chi connectivity index (χ0n) is 13.8. The van der Waals surface area contributed by atoms with Gasteiger partial charge in [-0.3, -0.25) is 9.69 Å². The molecule has 1 aliphatic rings. The van der Waals surface area contributed by atoms with Crippen LogP contribution in [-0.2, 0) is 17.9 Å². The predicted octanol–water partition coefficient (Wildman–Crippen LogP) is 2.33. The summed E-state index contributed by atoms with van der Waals surface area (Å²) in [7, 11) is 0. The van der Waals surface area contributed by atoms with Crippen molar-refractivity contribution in [2.75, 3.05) is 6.61 Å². The Labute approximate surface area is 143 Å². The Morgan fingerprint density at radius 3 is 1.92 bits per heavy atom. The van der Waals surface area contributed by atoms with Crippen LogP contribution in [-0.4, -0.2) is 34.6 Å². The van der Waals surface area contributed by atoms with Gasteiger partial charge >= 0.3 is 0 Å². The number of benzene rings is 2. The first kappa shape index (κ1) is 16.7. The van der Waals surface area contributed by atoms with Crippen molar-refractivity contribution in [1.82, 2.24) is 10.2 Å². The average Bonchev–Trinajstić information content (AvgIpc) is 3.41. The molecule has 1 atom stereocenters. The number of aliphatic hydroxyl groups is 1. The molecule has 1 aliphatic carbocycles. The highest BCUT2D eigenvalue weighted by Crippen LogP contribution is 2.20. The number of carbonyl (C=O) groups is 1. The minimum atomic E-state index is -0.536. The van der Waals surface area contributed by atoms with E-state index in [1.807, 2.05) is 65.6 Å². The first-order valence-corrected chi connectivity index (χ1v) is 8.49. The van der Waals surface area contributed by atoms with E-state index in [2.05, 4.69) is 5.32 Å². The number of hydrogen-bond donors (Lipinski definition) is 2. The van der Waals surface area contributed by atoms with Crippen LogP contribution in [0.5, 0.6) is 0 Å². The van der Waals surface area contributed by atoms with Crippen molar-refractivity contribution >= 4 is 5.91 Å². The molecule has 0 saturated heterocycles. The third-order valence-electron chi connectivity index (χ3n) is 4.30. The lowest BCUT2D eigenvalue weighted by atomic mass is 10.1. The Balaban J connectivity index is 1.77. The van der Waals surface area contributed by atoms with Gasteiger partial charge in [0.1, 0.15) is 6.04 Å². The lowest BCUT2D eigenvalue weighted by molar-refractivity contribution is -0.128. The van der Waals surface area contributed by atoms with Crippen molar-refractivity contribution in [3.63, 3.8) is 0 Å². The van der Waals surface area contributed by atoms with E-state index in [4.69, 9.17) is 0 Å². The Morgan fingerprint density at radius 1 is 1.00 bits per heavy atom. The van der Waals surface area contributed by atoms with Crippen molar-refractivity contribution < 1.29 is 9.90 Å². The van der Waals surface area contributed by atoms with Crippen LogP contribution in [0.4, 0.5) is 0 Å². The molecule has 1 amide bonds. The molecule has 0 radical (unpaired) electrons. The summed E-state index contributed by atoms with van der Waals surface area (Å²) in [6.45, 7) is 1.07. The van der Waals surface area contributed by atoms with Crippen molar-refractivity contribution in [3.05, 3.63) is 71.8 Å². The predicted molar refractivity (Wildman–Crippen MR) is 94.2 cm³/mol. The van der Waals surface area contributed by atoms with Gasteiger partial charge in [0.15, 0.2) is 0 Å². The van der Waals surface area contributed by atoms with Crippen LogP contribution in [0.1, 0.15) is 24.0 Å². The van der Waals surface area contributed by atoms with Gasteiger partial charge in [0.25, 0.3) is 0 Å². The molecule has 4 heteroatoms. The number of hydrogen-bond acceptors (Lipinski definition) is 3. The smallest absolute Gasteiger partial charge is 0.239 e. The summed E-state index contributed by atoms with van der Waals surface area (Å²) in [5.74, 6) is -0.0770. The maximum atomic E-state index is 12.5. The van der Waals surface area contributed by atoms with Crippen LogP contribution < -0.4 is 5.32 Å². The number of amides is 1. The molecule has 1 fully saturated rings. The van der Waals surface area contributed by atoms with Crippen molar-refractivity contribution in [3.8, 4) is 0 Å². The molecular formula is C20H24N2O2. The summed E-state index contributed by atoms with van der Waals surface area (Å²) in [6.07, 6.45) is 2.09. The third kappa shape index (κ3) is 4.66. The quantitative estimate of drug-likeness (QED) is 0.783. The van der Waals surface area contributed by atoms with Gasteiger partial charge in [0, 0.05) is 19.1 Å². The summed E-state index contributed by atoms with van der Waals surface area (Å²) in [5.41, 5.74) is 2.26. The second-order valence-electron chi connectivity index (χ2n) is 6.36. The Morgan fingerprint density at radius 2 is 1.50 bits per heavy atom. The maximum absolute atomic E-state index is 12.5. The van der Waals surface area contributed by atoms with Crippen molar-refractivity contribution in [2.45, 2.75) is 38.0 Å². The molecule has 0 aliphatic heterocycles. The molecule has 2 aromatic carbocycles. The van der Waals surface area contributed by atoms with Crippen molar-refractivity contribution in [1.29, 1.82) is 0 Å². The molecule has 0 bridgehead atoms. The molecule has 0 heterocycles. The van der Waals surface area contributed by atoms with Crippen LogP contribution in [0.2, 0.25) is 0 Å². The van der Waals surface area contributed by atoms with Crippen LogP contribution in [0.25, 0.3) is 0 Å². The topological polar surface area (TPSA) is 52.6 Å². The number of rotatable bonds is 8. The van der Waals surface area contributed by atoms with Crippen LogP contribution in [0.15, 0.2) is 60.7 Å². The maximum Gasteiger partial charge on any atom is 0.239 e. The first-order chi connectivity index (χ1) is 11.8. The summed E-state index contributed by atoms with van der Waals surface area (Å²) in [6, 6.07) is 19.9. The van der Waals surface area contributed by atoms with Gasteiger partial charge in [-0.1, -0.05) is 60.7 Å². The normalized spacial score (nSPS) is 15.2. The molecule has 0 spiro atoms. The lowest BCUT2D eigenvalue weighted by Crippen LogP contribution is -2.49. The second-order valence-corrected chi connectivity index (χ2v) is 6.36. The molecule has 1 saturated carbocycles. The Kier molecular flexibility index (Phi) is 5.62. The van der Waals surface area contributed by atoms with Gasteiger partial charge < -0.3 is 10.4 Å². The first-order valence-electron chi connectivity index (χ1n) is 8.49. The fraction of sp³-hybridized carbons (Fsp3) is 0.350. The number of aliphatic hydroxyl groups excluding tert-OH is 1. The van der Waals surface area contributed by atoms with Crippen LogP contribution >= 0.6 is 0 Å². The molecule has 4 nitrogen and oxygen atoms in total. The van der Waals surface area contributed by atoms with E-state index in [0.29, 0.717) is 19.1 Å². The van der Waals surface area contributed by atoms with Gasteiger partial charge in [-0.15, -0.1) is 0 Å². The molecule has 24 heavy (non-hydrogen) atoms. The molecule has 3 rings (SSSR count). The number of nitrogens with zero attached hydrogens (tertiary/aromatic N) is 1. The Hall–Kier alpha value is -2.17. The van der Waals surface area contributed by atoms with Crippen LogP contribution in [0.3, 0.4) is 0 Å². The lowest BCUT2D eigenvalue weighted by Gasteiger charge is -2.30. The number of carbonyl (C=O) groups excluding carboxylic acids is 1. The van der Waals surface area contributed by atoms with E-state index >= 15 is 0 Å². The second kappa shape index (κ2) is 8.08. The van der Waals surface area contributed by atoms with Gasteiger partial charge in [0.2, 0.25) is 5.91 Å². The van der Waals surface area contributed by atoms with E-state index in [0.717, 1.165) is 24.0 Å². The fourth-order valence-electron chi connectivity index (χ4n) is 2.80. The number of nitrogens with one attached hydrogen (secondary N) is 1. The standard InChI is InChI=1S/C20H24N2O2/c23-15-19(20(24)21-18-11-12-18)22(13-16-7-3-1-4-8-16)14-17-9-5-2-6-10-17/h1-10,18-19,23H,11-15H2,(H,21,24)/t19-/m1/s1. The highest BCUT2D eigenvalue weighted by molar-refractivity contribution is 5.82. The van der Waals surface area contributed by atoms with E-state index in [1.54, 1.807) is 0 Å². The minimum absolute atomic E-state index is 0.0770. The zero-order chi connectivity index (χ0) is 16.8. The largest absolute Gasteiger partial charge is 0.394 e. The van der Waals surface area contributed by atoms with Gasteiger partial charge in [-0.05, 0) is 24.0 Å². The van der Waals surface area contributed by atoms with Gasteiger partial charge in [-0.2, -0.15) is 0 Å². The summed E-state index contributed by atoms with van der Waals surface area (Å²) in [4.78, 5) is 14.6. The fourth-order valence-corrected chi connectivity index (χ4v) is 2.80. The highest BCUT2D eigenvalue weighted by Gasteiger charge is 2.30. The summed E-state index contributed by atoms with van der Waals surface area (Å²) in [5, 5.41) is 12.9. The van der Waals surface area contributed by atoms with Crippen molar-refractivity contribution in [2.24, 2.45) is 0 Å². The van der Waals surface area contributed by atoms with E-state index in [-0.39, 0.29) is 12.5 Å². The van der Waals surface area contributed by atoms with Gasteiger partial charge in [-0.25, -0.2) is 0 Å². The molecule has 126 valence electrons. The molecule has 2 N–H and O–H groups in total. The summed E-state index contributed by atoms with van der Waals surface area (Å²) < 4.78 is 0. The molecule has 2 aromatic rings. The zero-order valence-corrected chi connectivity index (χ0v) is 13.8. The Bertz CT molecular complexity index is 600. The molecule has 0 unspecified atom stereocenters. The molecular weight excluding hydrogens is 300 g/mol. The van der Waals surface area contributed by atoms with E-state index in [1.165, 1.54) is 0 Å². The SMILES string of the molecule is O=C(NC1CC1)[C@@H](CO)N(Cc1ccccc1)Cc1ccccc1. The van der Waals surface area contributed by atoms with Crippen LogP contribution in [0, 0.1) is 0 Å². The summed E-state index contributed by atoms with van der Waals surface area (Å²) >= 11 is 0.